The van der Waals surface area contributed by atoms with Crippen LogP contribution in [0.2, 0.25) is 5.02 Å². The average molecular weight is 412 g/mol. The lowest BCUT2D eigenvalue weighted by Crippen LogP contribution is -2.27. The number of alkyl halides is 3. The topological polar surface area (TPSA) is 52.0 Å². The van der Waals surface area contributed by atoms with E-state index in [9.17, 15) is 22.8 Å². The number of aromatic nitrogens is 2. The highest BCUT2D eigenvalue weighted by Gasteiger charge is 2.34. The van der Waals surface area contributed by atoms with Gasteiger partial charge in [0.2, 0.25) is 0 Å². The molecule has 0 spiro atoms. The first kappa shape index (κ1) is 19.5. The van der Waals surface area contributed by atoms with Crippen LogP contribution in [-0.4, -0.2) is 15.0 Å². The summed E-state index contributed by atoms with van der Waals surface area (Å²) in [6.07, 6.45) is -2.95. The molecule has 1 aromatic heterocycles. The Kier molecular flexibility index (Phi) is 5.61. The van der Waals surface area contributed by atoms with Crippen molar-refractivity contribution in [3.05, 3.63) is 61.5 Å². The molecule has 0 radical (unpaired) electrons. The van der Waals surface area contributed by atoms with Crippen LogP contribution in [0.1, 0.15) is 16.7 Å². The van der Waals surface area contributed by atoms with E-state index in [2.05, 4.69) is 5.10 Å². The fourth-order valence-electron chi connectivity index (χ4n) is 1.98. The molecule has 0 unspecified atom stereocenters. The number of allylic oxidation sites excluding steroid dienone is 1. The summed E-state index contributed by atoms with van der Waals surface area (Å²) >= 11 is 16.9. The molecule has 10 heteroatoms. The maximum Gasteiger partial charge on any atom is 0.418 e. The second-order valence-corrected chi connectivity index (χ2v) is 6.03. The molecule has 0 aliphatic rings. The molecule has 0 saturated carbocycles. The molecule has 0 bridgehead atoms. The van der Waals surface area contributed by atoms with Gasteiger partial charge in [0.1, 0.15) is 5.03 Å². The number of carbonyl (C=O) groups excluding carboxylic acids is 1. The van der Waals surface area contributed by atoms with Gasteiger partial charge in [0.25, 0.3) is 10.8 Å². The Morgan fingerprint density at radius 2 is 1.92 bits per heavy atom. The smallest absolute Gasteiger partial charge is 0.275 e. The first-order valence-corrected chi connectivity index (χ1v) is 7.69. The monoisotopic (exact) mass is 410 g/mol. The number of hydrogen-bond donors (Lipinski definition) is 0. The van der Waals surface area contributed by atoms with E-state index < -0.39 is 28.1 Å². The van der Waals surface area contributed by atoms with E-state index in [1.54, 1.807) is 0 Å². The van der Waals surface area contributed by atoms with Gasteiger partial charge in [0.15, 0.2) is 0 Å². The molecule has 0 aliphatic carbocycles. The highest BCUT2D eigenvalue weighted by atomic mass is 35.5. The molecule has 132 valence electrons. The first-order chi connectivity index (χ1) is 11.5. The van der Waals surface area contributed by atoms with E-state index in [0.717, 1.165) is 11.6 Å². The van der Waals surface area contributed by atoms with Crippen LogP contribution in [0.25, 0.3) is 11.8 Å². The Morgan fingerprint density at radius 1 is 1.28 bits per heavy atom. The molecule has 2 rings (SSSR count). The Hall–Kier alpha value is -1.83. The maximum atomic E-state index is 12.8. The van der Waals surface area contributed by atoms with Crippen molar-refractivity contribution in [2.75, 3.05) is 0 Å². The summed E-state index contributed by atoms with van der Waals surface area (Å²) in [6.45, 7) is 1.06. The summed E-state index contributed by atoms with van der Waals surface area (Å²) in [6, 6.07) is 4.11. The molecule has 0 amide bonds. The van der Waals surface area contributed by atoms with E-state index in [4.69, 9.17) is 34.8 Å². The van der Waals surface area contributed by atoms with E-state index in [0.29, 0.717) is 6.20 Å². The van der Waals surface area contributed by atoms with Gasteiger partial charge in [-0.1, -0.05) is 23.2 Å². The van der Waals surface area contributed by atoms with Crippen molar-refractivity contribution in [1.29, 1.82) is 0 Å². The van der Waals surface area contributed by atoms with Gasteiger partial charge in [-0.05, 0) is 48.4 Å². The fourth-order valence-corrected chi connectivity index (χ4v) is 2.32. The lowest BCUT2D eigenvalue weighted by Gasteiger charge is -2.12. The van der Waals surface area contributed by atoms with Gasteiger partial charge in [-0.3, -0.25) is 9.59 Å². The Balaban J connectivity index is 2.61. The van der Waals surface area contributed by atoms with Gasteiger partial charge in [0, 0.05) is 10.6 Å². The lowest BCUT2D eigenvalue weighted by atomic mass is 10.1. The molecular weight excluding hydrogens is 404 g/mol. The molecule has 0 aliphatic heterocycles. The third kappa shape index (κ3) is 4.23. The molecule has 0 saturated heterocycles. The van der Waals surface area contributed by atoms with Gasteiger partial charge in [-0.2, -0.15) is 23.0 Å². The third-order valence-corrected chi connectivity index (χ3v) is 4.14. The average Bonchev–Trinajstić information content (AvgIpc) is 2.50. The van der Waals surface area contributed by atoms with Crippen molar-refractivity contribution >= 4 is 46.1 Å². The quantitative estimate of drug-likeness (QED) is 0.550. The van der Waals surface area contributed by atoms with Gasteiger partial charge < -0.3 is 0 Å². The van der Waals surface area contributed by atoms with Crippen molar-refractivity contribution in [3.8, 4) is 5.69 Å². The lowest BCUT2D eigenvalue weighted by molar-refractivity contribution is -0.138. The summed E-state index contributed by atoms with van der Waals surface area (Å²) in [7, 11) is 0. The van der Waals surface area contributed by atoms with Crippen molar-refractivity contribution in [2.24, 2.45) is 0 Å². The molecular formula is C15H8Cl3F3N2O2. The van der Waals surface area contributed by atoms with Crippen molar-refractivity contribution < 1.29 is 18.0 Å². The van der Waals surface area contributed by atoms with Crippen LogP contribution in [0.4, 0.5) is 13.2 Å². The molecule has 0 atom stereocenters. The van der Waals surface area contributed by atoms with Gasteiger partial charge in [-0.15, -0.1) is 0 Å². The van der Waals surface area contributed by atoms with Crippen molar-refractivity contribution in [2.45, 2.75) is 13.1 Å². The summed E-state index contributed by atoms with van der Waals surface area (Å²) in [4.78, 5) is 23.2. The highest BCUT2D eigenvalue weighted by molar-refractivity contribution is 6.74. The van der Waals surface area contributed by atoms with Crippen molar-refractivity contribution in [3.63, 3.8) is 0 Å². The van der Waals surface area contributed by atoms with E-state index in [1.165, 1.54) is 24.3 Å². The number of halogens is 6. The number of hydrogen-bond acceptors (Lipinski definition) is 3. The summed E-state index contributed by atoms with van der Waals surface area (Å²) in [5, 5.41) is 2.52. The number of benzene rings is 1. The minimum absolute atomic E-state index is 0.143. The second-order valence-electron chi connectivity index (χ2n) is 4.87. The molecule has 25 heavy (non-hydrogen) atoms. The Bertz CT molecular complexity index is 937. The first-order valence-electron chi connectivity index (χ1n) is 6.55. The standard InChI is InChI=1S/C15H8Cl3F3N2O2/c1-7-10(15(19,20)21)6-22-23(14(7)25)9-2-3-11(16)8(4-9)5-12(17)13(18)24/h2-6H,1H3/b12-5-. The number of carbonyl (C=O) groups is 1. The predicted molar refractivity (Wildman–Crippen MR) is 89.3 cm³/mol. The second kappa shape index (κ2) is 7.19. The highest BCUT2D eigenvalue weighted by Crippen LogP contribution is 2.30. The zero-order chi connectivity index (χ0) is 18.9. The van der Waals surface area contributed by atoms with Gasteiger partial charge in [0.05, 0.1) is 17.4 Å². The predicted octanol–water partition coefficient (Wildman–Crippen LogP) is 4.56. The summed E-state index contributed by atoms with van der Waals surface area (Å²) < 4.78 is 39.3. The molecule has 1 heterocycles. The van der Waals surface area contributed by atoms with Crippen molar-refractivity contribution in [1.82, 2.24) is 9.78 Å². The number of rotatable bonds is 3. The SMILES string of the molecule is Cc1c(C(F)(F)F)cnn(-c2ccc(Cl)c(/C=C(\Cl)C(=O)Cl)c2)c1=O. The van der Waals surface area contributed by atoms with Gasteiger partial charge in [-0.25, -0.2) is 0 Å². The largest absolute Gasteiger partial charge is 0.418 e. The normalized spacial score (nSPS) is 12.4. The summed E-state index contributed by atoms with van der Waals surface area (Å²) in [5.74, 6) is 0. The van der Waals surface area contributed by atoms with E-state index in [-0.39, 0.29) is 21.3 Å². The van der Waals surface area contributed by atoms with Crippen LogP contribution in [0.5, 0.6) is 0 Å². The van der Waals surface area contributed by atoms with Crippen LogP contribution >= 0.6 is 34.8 Å². The zero-order valence-electron chi connectivity index (χ0n) is 12.4. The van der Waals surface area contributed by atoms with Crippen LogP contribution in [0.3, 0.4) is 0 Å². The summed E-state index contributed by atoms with van der Waals surface area (Å²) in [5.41, 5.74) is -2.16. The zero-order valence-corrected chi connectivity index (χ0v) is 14.6. The molecule has 1 aromatic carbocycles. The van der Waals surface area contributed by atoms with Gasteiger partial charge >= 0.3 is 6.18 Å². The molecule has 2 aromatic rings. The van der Waals surface area contributed by atoms with E-state index >= 15 is 0 Å². The minimum Gasteiger partial charge on any atom is -0.275 e. The minimum atomic E-state index is -4.68. The maximum absolute atomic E-state index is 12.8. The van der Waals surface area contributed by atoms with Crippen LogP contribution in [0, 0.1) is 6.92 Å². The third-order valence-electron chi connectivity index (χ3n) is 3.22. The Labute approximate surface area is 154 Å². The van der Waals surface area contributed by atoms with Crippen LogP contribution in [-0.2, 0) is 11.0 Å². The number of nitrogens with zero attached hydrogens (tertiary/aromatic N) is 2. The molecule has 4 nitrogen and oxygen atoms in total. The van der Waals surface area contributed by atoms with Crippen LogP contribution in [0.15, 0.2) is 34.2 Å². The molecule has 0 fully saturated rings. The van der Waals surface area contributed by atoms with Crippen LogP contribution < -0.4 is 5.56 Å². The van der Waals surface area contributed by atoms with E-state index in [1.807, 2.05) is 0 Å². The Morgan fingerprint density at radius 3 is 2.48 bits per heavy atom. The molecule has 0 N–H and O–H groups in total. The fraction of sp³-hybridized carbons (Fsp3) is 0.133.